The fourth-order valence-electron chi connectivity index (χ4n) is 0.984. The van der Waals surface area contributed by atoms with E-state index in [1.54, 1.807) is 25.1 Å². The van der Waals surface area contributed by atoms with E-state index in [0.717, 1.165) is 0 Å². The summed E-state index contributed by atoms with van der Waals surface area (Å²) in [6, 6.07) is 3.01. The number of halogens is 2. The molecule has 0 aliphatic heterocycles. The molecule has 1 aromatic carbocycles. The lowest BCUT2D eigenvalue weighted by atomic mass is 10.1. The van der Waals surface area contributed by atoms with Crippen LogP contribution in [0.1, 0.15) is 11.1 Å². The Morgan fingerprint density at radius 3 is 2.85 bits per heavy atom. The second-order valence-electron chi connectivity index (χ2n) is 2.76. The van der Waals surface area contributed by atoms with Gasteiger partial charge >= 0.3 is 0 Å². The van der Waals surface area contributed by atoms with Crippen molar-refractivity contribution in [3.05, 3.63) is 40.2 Å². The van der Waals surface area contributed by atoms with Crippen LogP contribution in [0, 0.1) is 12.7 Å². The van der Waals surface area contributed by atoms with Crippen LogP contribution < -0.4 is 5.73 Å². The van der Waals surface area contributed by atoms with Crippen LogP contribution in [-0.4, -0.2) is 6.54 Å². The minimum Gasteiger partial charge on any atom is -0.327 e. The van der Waals surface area contributed by atoms with E-state index in [4.69, 9.17) is 17.3 Å². The van der Waals surface area contributed by atoms with Crippen molar-refractivity contribution < 1.29 is 4.39 Å². The Hall–Kier alpha value is -0.860. The summed E-state index contributed by atoms with van der Waals surface area (Å²) in [4.78, 5) is 0. The van der Waals surface area contributed by atoms with E-state index in [2.05, 4.69) is 0 Å². The standard InChI is InChI=1S/C10H11ClFN/c1-7-5-9(11)8(3-2-4-13)6-10(7)12/h2-3,5-6H,4,13H2,1H3. The third kappa shape index (κ3) is 2.54. The topological polar surface area (TPSA) is 26.0 Å². The summed E-state index contributed by atoms with van der Waals surface area (Å²) in [7, 11) is 0. The van der Waals surface area contributed by atoms with Crippen LogP contribution in [0.15, 0.2) is 18.2 Å². The lowest BCUT2D eigenvalue weighted by Crippen LogP contribution is -1.92. The van der Waals surface area contributed by atoms with Crippen LogP contribution in [0.3, 0.4) is 0 Å². The number of hydrogen-bond acceptors (Lipinski definition) is 1. The molecule has 0 bridgehead atoms. The predicted octanol–water partition coefficient (Wildman–Crippen LogP) is 2.76. The molecule has 0 saturated carbocycles. The van der Waals surface area contributed by atoms with Crippen LogP contribution in [0.5, 0.6) is 0 Å². The average molecular weight is 200 g/mol. The molecule has 0 fully saturated rings. The molecule has 2 N–H and O–H groups in total. The highest BCUT2D eigenvalue weighted by Gasteiger charge is 2.02. The van der Waals surface area contributed by atoms with Crippen molar-refractivity contribution in [1.82, 2.24) is 0 Å². The molecule has 1 nitrogen and oxygen atoms in total. The van der Waals surface area contributed by atoms with Crippen molar-refractivity contribution in [2.45, 2.75) is 6.92 Å². The SMILES string of the molecule is Cc1cc(Cl)c(C=CCN)cc1F. The van der Waals surface area contributed by atoms with Crippen molar-refractivity contribution in [2.24, 2.45) is 5.73 Å². The molecule has 0 spiro atoms. The average Bonchev–Trinajstić information content (AvgIpc) is 2.09. The van der Waals surface area contributed by atoms with Gasteiger partial charge in [0.1, 0.15) is 5.82 Å². The molecule has 0 atom stereocenters. The summed E-state index contributed by atoms with van der Waals surface area (Å²) in [5.41, 5.74) is 6.48. The summed E-state index contributed by atoms with van der Waals surface area (Å²) >= 11 is 5.88. The smallest absolute Gasteiger partial charge is 0.126 e. The number of nitrogens with two attached hydrogens (primary N) is 1. The molecule has 0 radical (unpaired) electrons. The van der Waals surface area contributed by atoms with E-state index < -0.39 is 0 Å². The Balaban J connectivity index is 3.08. The van der Waals surface area contributed by atoms with Gasteiger partial charge in [-0.05, 0) is 30.2 Å². The maximum Gasteiger partial charge on any atom is 0.126 e. The number of aryl methyl sites for hydroxylation is 1. The van der Waals surface area contributed by atoms with Crippen LogP contribution in [0.25, 0.3) is 6.08 Å². The highest BCUT2D eigenvalue weighted by molar-refractivity contribution is 6.32. The molecular weight excluding hydrogens is 189 g/mol. The minimum atomic E-state index is -0.249. The minimum absolute atomic E-state index is 0.249. The summed E-state index contributed by atoms with van der Waals surface area (Å²) < 4.78 is 13.1. The van der Waals surface area contributed by atoms with Crippen LogP contribution in [0.4, 0.5) is 4.39 Å². The molecule has 1 aromatic rings. The molecule has 70 valence electrons. The fraction of sp³-hybridized carbons (Fsp3) is 0.200. The first kappa shape index (κ1) is 10.2. The van der Waals surface area contributed by atoms with Crippen LogP contribution in [0.2, 0.25) is 5.02 Å². The summed E-state index contributed by atoms with van der Waals surface area (Å²) in [6.07, 6.45) is 3.45. The third-order valence-corrected chi connectivity index (χ3v) is 2.04. The van der Waals surface area contributed by atoms with E-state index in [9.17, 15) is 4.39 Å². The van der Waals surface area contributed by atoms with Gasteiger partial charge in [0.15, 0.2) is 0 Å². The van der Waals surface area contributed by atoms with Gasteiger partial charge in [-0.2, -0.15) is 0 Å². The van der Waals surface area contributed by atoms with Crippen molar-refractivity contribution in [3.8, 4) is 0 Å². The Morgan fingerprint density at radius 1 is 1.54 bits per heavy atom. The Morgan fingerprint density at radius 2 is 2.23 bits per heavy atom. The summed E-state index contributed by atoms with van der Waals surface area (Å²) in [5, 5.41) is 0.545. The van der Waals surface area contributed by atoms with E-state index in [1.807, 2.05) is 0 Å². The van der Waals surface area contributed by atoms with Crippen molar-refractivity contribution in [3.63, 3.8) is 0 Å². The van der Waals surface area contributed by atoms with Gasteiger partial charge in [-0.1, -0.05) is 23.8 Å². The maximum atomic E-state index is 13.1. The number of hydrogen-bond donors (Lipinski definition) is 1. The highest BCUT2D eigenvalue weighted by Crippen LogP contribution is 2.21. The van der Waals surface area contributed by atoms with Crippen molar-refractivity contribution in [2.75, 3.05) is 6.54 Å². The van der Waals surface area contributed by atoms with Gasteiger partial charge in [-0.25, -0.2) is 4.39 Å². The molecule has 0 aliphatic rings. The molecule has 0 saturated heterocycles. The zero-order valence-corrected chi connectivity index (χ0v) is 8.11. The largest absolute Gasteiger partial charge is 0.327 e. The van der Waals surface area contributed by atoms with Gasteiger partial charge in [0.25, 0.3) is 0 Å². The number of rotatable bonds is 2. The lowest BCUT2D eigenvalue weighted by molar-refractivity contribution is 0.618. The zero-order chi connectivity index (χ0) is 9.84. The molecular formula is C10H11ClFN. The van der Waals surface area contributed by atoms with Gasteiger partial charge < -0.3 is 5.73 Å². The monoisotopic (exact) mass is 199 g/mol. The van der Waals surface area contributed by atoms with E-state index in [0.29, 0.717) is 22.7 Å². The van der Waals surface area contributed by atoms with Crippen molar-refractivity contribution in [1.29, 1.82) is 0 Å². The summed E-state index contributed by atoms with van der Waals surface area (Å²) in [5.74, 6) is -0.249. The predicted molar refractivity (Wildman–Crippen MR) is 54.2 cm³/mol. The molecule has 0 amide bonds. The molecule has 0 aliphatic carbocycles. The van der Waals surface area contributed by atoms with E-state index in [-0.39, 0.29) is 5.82 Å². The Kier molecular flexibility index (Phi) is 3.46. The third-order valence-electron chi connectivity index (χ3n) is 1.71. The normalized spacial score (nSPS) is 11.1. The van der Waals surface area contributed by atoms with Crippen LogP contribution >= 0.6 is 11.6 Å². The van der Waals surface area contributed by atoms with Gasteiger partial charge in [0, 0.05) is 11.6 Å². The molecule has 3 heteroatoms. The molecule has 1 rings (SSSR count). The molecule has 0 aromatic heterocycles. The number of benzene rings is 1. The van der Waals surface area contributed by atoms with Crippen molar-refractivity contribution >= 4 is 17.7 Å². The second-order valence-corrected chi connectivity index (χ2v) is 3.17. The maximum absolute atomic E-state index is 13.1. The van der Waals surface area contributed by atoms with Crippen LogP contribution in [-0.2, 0) is 0 Å². The van der Waals surface area contributed by atoms with Gasteiger partial charge in [-0.3, -0.25) is 0 Å². The molecule has 13 heavy (non-hydrogen) atoms. The van der Waals surface area contributed by atoms with E-state index in [1.165, 1.54) is 6.07 Å². The first-order chi connectivity index (χ1) is 6.15. The fourth-order valence-corrected chi connectivity index (χ4v) is 1.27. The first-order valence-corrected chi connectivity index (χ1v) is 4.35. The molecule has 0 unspecified atom stereocenters. The van der Waals surface area contributed by atoms with E-state index >= 15 is 0 Å². The van der Waals surface area contributed by atoms with Gasteiger partial charge in [-0.15, -0.1) is 0 Å². The zero-order valence-electron chi connectivity index (χ0n) is 7.35. The second kappa shape index (κ2) is 4.40. The van der Waals surface area contributed by atoms with Gasteiger partial charge in [0.2, 0.25) is 0 Å². The Labute approximate surface area is 82.0 Å². The first-order valence-electron chi connectivity index (χ1n) is 3.97. The highest BCUT2D eigenvalue weighted by atomic mass is 35.5. The summed E-state index contributed by atoms with van der Waals surface area (Å²) in [6.45, 7) is 2.10. The quantitative estimate of drug-likeness (QED) is 0.779. The molecule has 0 heterocycles. The lowest BCUT2D eigenvalue weighted by Gasteiger charge is -2.01. The Bertz CT molecular complexity index is 334. The van der Waals surface area contributed by atoms with Gasteiger partial charge in [0.05, 0.1) is 0 Å².